The number of thiazole rings is 1. The third kappa shape index (κ3) is 3.25. The molecule has 0 aliphatic heterocycles. The minimum absolute atomic E-state index is 0.0582. The van der Waals surface area contributed by atoms with E-state index in [1.165, 1.54) is 0 Å². The molecule has 1 heterocycles. The Hall–Kier alpha value is -1.85. The highest BCUT2D eigenvalue weighted by atomic mass is 32.2. The number of hydrogen-bond donors (Lipinski definition) is 0. The third-order valence-corrected chi connectivity index (χ3v) is 5.16. The number of benzene rings is 2. The molecule has 0 fully saturated rings. The molecule has 0 N–H and O–H groups in total. The van der Waals surface area contributed by atoms with Gasteiger partial charge in [0.05, 0.1) is 16.0 Å². The van der Waals surface area contributed by atoms with Crippen molar-refractivity contribution >= 4 is 44.4 Å². The first kappa shape index (κ1) is 14.1. The molecule has 2 aromatic carbocycles. The van der Waals surface area contributed by atoms with Crippen molar-refractivity contribution in [2.75, 3.05) is 17.7 Å². The van der Waals surface area contributed by atoms with Crippen LogP contribution in [0.1, 0.15) is 0 Å². The Bertz CT molecular complexity index is 722. The van der Waals surface area contributed by atoms with Crippen molar-refractivity contribution in [3.63, 3.8) is 0 Å². The Labute approximate surface area is 131 Å². The van der Waals surface area contributed by atoms with Crippen LogP contribution in [0.4, 0.5) is 5.13 Å². The monoisotopic (exact) mass is 314 g/mol. The maximum Gasteiger partial charge on any atom is 0.238 e. The normalized spacial score (nSPS) is 10.7. The summed E-state index contributed by atoms with van der Waals surface area (Å²) in [6.07, 6.45) is 0. The van der Waals surface area contributed by atoms with E-state index in [1.54, 1.807) is 35.0 Å². The number of para-hydroxylation sites is 1. The van der Waals surface area contributed by atoms with Gasteiger partial charge in [-0.15, -0.1) is 11.8 Å². The minimum Gasteiger partial charge on any atom is -0.291 e. The Balaban J connectivity index is 1.69. The van der Waals surface area contributed by atoms with Crippen molar-refractivity contribution in [1.29, 1.82) is 0 Å². The maximum absolute atomic E-state index is 12.3. The molecule has 5 heteroatoms. The van der Waals surface area contributed by atoms with Crippen LogP contribution in [0.3, 0.4) is 0 Å². The standard InChI is InChI=1S/C16H14N2OS2/c1-18(15(19)11-20-12-7-3-2-4-8-12)16-17-13-9-5-6-10-14(13)21-16/h2-10H,11H2,1H3. The van der Waals surface area contributed by atoms with Gasteiger partial charge in [-0.05, 0) is 24.3 Å². The molecule has 106 valence electrons. The van der Waals surface area contributed by atoms with Crippen molar-refractivity contribution in [2.45, 2.75) is 4.90 Å². The lowest BCUT2D eigenvalue weighted by molar-refractivity contribution is -0.115. The Morgan fingerprint density at radius 3 is 2.62 bits per heavy atom. The van der Waals surface area contributed by atoms with Crippen LogP contribution < -0.4 is 4.90 Å². The largest absolute Gasteiger partial charge is 0.291 e. The van der Waals surface area contributed by atoms with Crippen LogP contribution in [0.15, 0.2) is 59.5 Å². The van der Waals surface area contributed by atoms with E-state index in [1.807, 2.05) is 54.6 Å². The number of fused-ring (bicyclic) bond motifs is 1. The summed E-state index contributed by atoms with van der Waals surface area (Å²) in [6.45, 7) is 0. The molecule has 0 saturated carbocycles. The fraction of sp³-hybridized carbons (Fsp3) is 0.125. The number of thioether (sulfide) groups is 1. The first-order valence-electron chi connectivity index (χ1n) is 6.54. The van der Waals surface area contributed by atoms with Crippen molar-refractivity contribution < 1.29 is 4.79 Å². The molecule has 0 unspecified atom stereocenters. The molecule has 0 spiro atoms. The molecular weight excluding hydrogens is 300 g/mol. The molecule has 21 heavy (non-hydrogen) atoms. The van der Waals surface area contributed by atoms with Crippen LogP contribution in [0.2, 0.25) is 0 Å². The summed E-state index contributed by atoms with van der Waals surface area (Å²) in [4.78, 5) is 19.5. The number of carbonyl (C=O) groups excluding carboxylic acids is 1. The Morgan fingerprint density at radius 1 is 1.14 bits per heavy atom. The number of nitrogens with zero attached hydrogens (tertiary/aromatic N) is 2. The summed E-state index contributed by atoms with van der Waals surface area (Å²) in [6, 6.07) is 17.9. The van der Waals surface area contributed by atoms with Gasteiger partial charge in [0.1, 0.15) is 0 Å². The second-order valence-electron chi connectivity index (χ2n) is 4.52. The van der Waals surface area contributed by atoms with Gasteiger partial charge in [0.15, 0.2) is 5.13 Å². The van der Waals surface area contributed by atoms with Gasteiger partial charge < -0.3 is 0 Å². The van der Waals surface area contributed by atoms with Crippen molar-refractivity contribution in [3.05, 3.63) is 54.6 Å². The molecule has 3 aromatic rings. The Morgan fingerprint density at radius 2 is 1.86 bits per heavy atom. The summed E-state index contributed by atoms with van der Waals surface area (Å²) >= 11 is 3.08. The fourth-order valence-electron chi connectivity index (χ4n) is 1.87. The van der Waals surface area contributed by atoms with Gasteiger partial charge in [-0.3, -0.25) is 9.69 Å². The number of carbonyl (C=O) groups is 1. The van der Waals surface area contributed by atoms with E-state index in [9.17, 15) is 4.79 Å². The molecule has 0 aliphatic rings. The van der Waals surface area contributed by atoms with Gasteiger partial charge >= 0.3 is 0 Å². The zero-order valence-corrected chi connectivity index (χ0v) is 13.2. The average molecular weight is 314 g/mol. The lowest BCUT2D eigenvalue weighted by Crippen LogP contribution is -2.27. The first-order chi connectivity index (χ1) is 10.2. The molecule has 0 radical (unpaired) electrons. The summed E-state index contributed by atoms with van der Waals surface area (Å²) in [5.74, 6) is 0.471. The van der Waals surface area contributed by atoms with Gasteiger partial charge in [-0.25, -0.2) is 4.98 Å². The topological polar surface area (TPSA) is 33.2 Å². The van der Waals surface area contributed by atoms with Crippen LogP contribution in [0.25, 0.3) is 10.2 Å². The lowest BCUT2D eigenvalue weighted by Gasteiger charge is -2.13. The van der Waals surface area contributed by atoms with Crippen molar-refractivity contribution in [3.8, 4) is 0 Å². The van der Waals surface area contributed by atoms with E-state index in [4.69, 9.17) is 0 Å². The fourth-order valence-corrected chi connectivity index (χ4v) is 3.65. The lowest BCUT2D eigenvalue weighted by atomic mass is 10.3. The van der Waals surface area contributed by atoms with Crippen LogP contribution in [-0.4, -0.2) is 23.7 Å². The smallest absolute Gasteiger partial charge is 0.238 e. The molecule has 3 rings (SSSR count). The number of hydrogen-bond acceptors (Lipinski definition) is 4. The van der Waals surface area contributed by atoms with E-state index in [-0.39, 0.29) is 5.91 Å². The van der Waals surface area contributed by atoms with E-state index in [0.717, 1.165) is 20.2 Å². The predicted octanol–water partition coefficient (Wildman–Crippen LogP) is 4.05. The molecular formula is C16H14N2OS2. The number of rotatable bonds is 4. The highest BCUT2D eigenvalue weighted by Crippen LogP contribution is 2.28. The molecule has 3 nitrogen and oxygen atoms in total. The summed E-state index contributed by atoms with van der Waals surface area (Å²) in [7, 11) is 1.78. The highest BCUT2D eigenvalue weighted by molar-refractivity contribution is 8.00. The van der Waals surface area contributed by atoms with E-state index in [0.29, 0.717) is 5.75 Å². The summed E-state index contributed by atoms with van der Waals surface area (Å²) < 4.78 is 1.10. The van der Waals surface area contributed by atoms with Gasteiger partial charge in [0.25, 0.3) is 0 Å². The average Bonchev–Trinajstić information content (AvgIpc) is 2.97. The number of anilines is 1. The van der Waals surface area contributed by atoms with Crippen LogP contribution in [0, 0.1) is 0 Å². The third-order valence-electron chi connectivity index (χ3n) is 3.05. The van der Waals surface area contributed by atoms with E-state index in [2.05, 4.69) is 4.98 Å². The maximum atomic E-state index is 12.3. The Kier molecular flexibility index (Phi) is 4.22. The van der Waals surface area contributed by atoms with Gasteiger partial charge in [0, 0.05) is 11.9 Å². The second kappa shape index (κ2) is 6.28. The highest BCUT2D eigenvalue weighted by Gasteiger charge is 2.15. The van der Waals surface area contributed by atoms with Crippen LogP contribution in [-0.2, 0) is 4.79 Å². The summed E-state index contributed by atoms with van der Waals surface area (Å²) in [5.41, 5.74) is 0.938. The molecule has 0 saturated heterocycles. The molecule has 0 aliphatic carbocycles. The van der Waals surface area contributed by atoms with Crippen LogP contribution >= 0.6 is 23.1 Å². The molecule has 1 aromatic heterocycles. The van der Waals surface area contributed by atoms with Crippen molar-refractivity contribution in [1.82, 2.24) is 4.98 Å². The van der Waals surface area contributed by atoms with Gasteiger partial charge in [-0.1, -0.05) is 41.7 Å². The van der Waals surface area contributed by atoms with Gasteiger partial charge in [-0.2, -0.15) is 0 Å². The molecule has 1 amide bonds. The minimum atomic E-state index is 0.0582. The SMILES string of the molecule is CN(C(=O)CSc1ccccc1)c1nc2ccccc2s1. The van der Waals surface area contributed by atoms with E-state index < -0.39 is 0 Å². The van der Waals surface area contributed by atoms with Gasteiger partial charge in [0.2, 0.25) is 5.91 Å². The quantitative estimate of drug-likeness (QED) is 0.681. The van der Waals surface area contributed by atoms with E-state index >= 15 is 0 Å². The predicted molar refractivity (Wildman–Crippen MR) is 90.2 cm³/mol. The molecule has 0 atom stereocenters. The molecule has 0 bridgehead atoms. The number of aromatic nitrogens is 1. The summed E-state index contributed by atoms with van der Waals surface area (Å²) in [5, 5.41) is 0.745. The zero-order chi connectivity index (χ0) is 14.7. The first-order valence-corrected chi connectivity index (χ1v) is 8.34. The zero-order valence-electron chi connectivity index (χ0n) is 11.5. The second-order valence-corrected chi connectivity index (χ2v) is 6.58. The number of amides is 1. The van der Waals surface area contributed by atoms with Crippen molar-refractivity contribution in [2.24, 2.45) is 0 Å². The van der Waals surface area contributed by atoms with Crippen LogP contribution in [0.5, 0.6) is 0 Å².